The first kappa shape index (κ1) is 21.1. The van der Waals surface area contributed by atoms with Crippen LogP contribution in [0.4, 0.5) is 0 Å². The molecule has 0 saturated carbocycles. The number of likely N-dealkylation sites (N-methyl/N-ethyl adjacent to an activating group) is 1. The van der Waals surface area contributed by atoms with Gasteiger partial charge in [0.2, 0.25) is 0 Å². The van der Waals surface area contributed by atoms with Gasteiger partial charge in [-0.3, -0.25) is 4.79 Å². The Morgan fingerprint density at radius 3 is 2.28 bits per heavy atom. The fraction of sp³-hybridized carbons (Fsp3) is 0.417. The number of hydrogen-bond acceptors (Lipinski definition) is 3. The predicted octanol–water partition coefficient (Wildman–Crippen LogP) is 2.70. The van der Waals surface area contributed by atoms with Gasteiger partial charge in [-0.2, -0.15) is 5.10 Å². The molecule has 5 heteroatoms. The van der Waals surface area contributed by atoms with Crippen molar-refractivity contribution in [2.75, 3.05) is 19.6 Å². The van der Waals surface area contributed by atoms with E-state index in [1.54, 1.807) is 4.68 Å². The number of benzene rings is 2. The van der Waals surface area contributed by atoms with Crippen molar-refractivity contribution >= 4 is 10.8 Å². The second-order valence-electron chi connectivity index (χ2n) is 7.72. The van der Waals surface area contributed by atoms with Crippen LogP contribution in [0.2, 0.25) is 0 Å². The van der Waals surface area contributed by atoms with Crippen LogP contribution < -0.4 is 15.2 Å². The van der Waals surface area contributed by atoms with Crippen molar-refractivity contribution in [1.82, 2.24) is 9.78 Å². The van der Waals surface area contributed by atoms with Gasteiger partial charge in [-0.15, -0.1) is 0 Å². The zero-order valence-corrected chi connectivity index (χ0v) is 17.9. The summed E-state index contributed by atoms with van der Waals surface area (Å²) in [5.41, 5.74) is 2.09. The molecule has 3 rings (SSSR count). The Balaban J connectivity index is 1.92. The molecule has 0 saturated heterocycles. The molecule has 0 radical (unpaired) electrons. The largest absolute Gasteiger partial charge is 0.491 e. The van der Waals surface area contributed by atoms with Gasteiger partial charge < -0.3 is 9.64 Å². The van der Waals surface area contributed by atoms with E-state index < -0.39 is 0 Å². The number of rotatable bonds is 9. The normalized spacial score (nSPS) is 11.5. The summed E-state index contributed by atoms with van der Waals surface area (Å²) in [6.07, 6.45) is 0.837. The SMILES string of the molecule is CC[NH+](CC)CCn1nc(Cc2ccc(OC(C)C)cc2)c2ccccc2c1=O. The summed E-state index contributed by atoms with van der Waals surface area (Å²) in [5.74, 6) is 0.869. The minimum atomic E-state index is -0.00316. The molecule has 3 aromatic rings. The summed E-state index contributed by atoms with van der Waals surface area (Å²) in [5, 5.41) is 6.45. The second-order valence-corrected chi connectivity index (χ2v) is 7.72. The molecule has 154 valence electrons. The molecule has 2 aromatic carbocycles. The van der Waals surface area contributed by atoms with Crippen molar-refractivity contribution in [3.8, 4) is 5.75 Å². The number of aromatic nitrogens is 2. The Hall–Kier alpha value is -2.66. The average Bonchev–Trinajstić information content (AvgIpc) is 2.72. The van der Waals surface area contributed by atoms with E-state index in [0.717, 1.165) is 47.4 Å². The number of quaternary nitrogens is 1. The van der Waals surface area contributed by atoms with E-state index >= 15 is 0 Å². The lowest BCUT2D eigenvalue weighted by Gasteiger charge is -2.16. The molecule has 0 atom stereocenters. The molecule has 0 aliphatic rings. The quantitative estimate of drug-likeness (QED) is 0.607. The maximum atomic E-state index is 12.9. The van der Waals surface area contributed by atoms with E-state index in [4.69, 9.17) is 9.84 Å². The highest BCUT2D eigenvalue weighted by molar-refractivity contribution is 5.83. The van der Waals surface area contributed by atoms with Crippen molar-refractivity contribution in [3.05, 3.63) is 70.1 Å². The highest BCUT2D eigenvalue weighted by atomic mass is 16.5. The smallest absolute Gasteiger partial charge is 0.274 e. The lowest BCUT2D eigenvalue weighted by Crippen LogP contribution is -3.11. The van der Waals surface area contributed by atoms with Crippen LogP contribution in [0.25, 0.3) is 10.8 Å². The third kappa shape index (κ3) is 5.24. The third-order valence-electron chi connectivity index (χ3n) is 5.29. The standard InChI is InChI=1S/C24H31N3O2/c1-5-26(6-2)15-16-27-24(28)22-10-8-7-9-21(22)23(25-27)17-19-11-13-20(14-12-19)29-18(3)4/h7-14,18H,5-6,15-17H2,1-4H3/p+1. The summed E-state index contributed by atoms with van der Waals surface area (Å²) in [6, 6.07) is 15.9. The molecule has 0 bridgehead atoms. The van der Waals surface area contributed by atoms with Gasteiger partial charge in [-0.05, 0) is 51.5 Å². The van der Waals surface area contributed by atoms with Gasteiger partial charge in [0.1, 0.15) is 5.75 Å². The van der Waals surface area contributed by atoms with Gasteiger partial charge in [0.25, 0.3) is 5.56 Å². The van der Waals surface area contributed by atoms with Crippen molar-refractivity contribution in [2.45, 2.75) is 46.8 Å². The highest BCUT2D eigenvalue weighted by Crippen LogP contribution is 2.19. The number of fused-ring (bicyclic) bond motifs is 1. The molecule has 0 fully saturated rings. The molecule has 0 unspecified atom stereocenters. The molecule has 5 nitrogen and oxygen atoms in total. The summed E-state index contributed by atoms with van der Waals surface area (Å²) in [7, 11) is 0. The lowest BCUT2D eigenvalue weighted by molar-refractivity contribution is -0.897. The Morgan fingerprint density at radius 2 is 1.66 bits per heavy atom. The first-order chi connectivity index (χ1) is 14.0. The molecule has 1 aromatic heterocycles. The van der Waals surface area contributed by atoms with Crippen LogP contribution in [0.5, 0.6) is 5.75 Å². The van der Waals surface area contributed by atoms with Crippen molar-refractivity contribution in [2.24, 2.45) is 0 Å². The predicted molar refractivity (Wildman–Crippen MR) is 118 cm³/mol. The van der Waals surface area contributed by atoms with E-state index in [-0.39, 0.29) is 11.7 Å². The van der Waals surface area contributed by atoms with E-state index in [0.29, 0.717) is 13.0 Å². The van der Waals surface area contributed by atoms with E-state index in [9.17, 15) is 4.79 Å². The van der Waals surface area contributed by atoms with Crippen LogP contribution >= 0.6 is 0 Å². The highest BCUT2D eigenvalue weighted by Gasteiger charge is 2.13. The first-order valence-corrected chi connectivity index (χ1v) is 10.6. The third-order valence-corrected chi connectivity index (χ3v) is 5.29. The minimum absolute atomic E-state index is 0.00316. The molecule has 1 N–H and O–H groups in total. The zero-order chi connectivity index (χ0) is 20.8. The Labute approximate surface area is 172 Å². The minimum Gasteiger partial charge on any atom is -0.491 e. The van der Waals surface area contributed by atoms with Gasteiger partial charge in [0.05, 0.1) is 43.4 Å². The van der Waals surface area contributed by atoms with E-state index in [1.807, 2.05) is 50.2 Å². The van der Waals surface area contributed by atoms with Gasteiger partial charge in [0.15, 0.2) is 0 Å². The van der Waals surface area contributed by atoms with Gasteiger partial charge in [-0.25, -0.2) is 4.68 Å². The molecule has 0 aliphatic heterocycles. The number of nitrogens with one attached hydrogen (secondary N) is 1. The molecular weight excluding hydrogens is 362 g/mol. The molecule has 1 heterocycles. The van der Waals surface area contributed by atoms with Gasteiger partial charge in [0, 0.05) is 11.8 Å². The van der Waals surface area contributed by atoms with Crippen LogP contribution in [-0.4, -0.2) is 35.5 Å². The molecule has 0 spiro atoms. The number of hydrogen-bond donors (Lipinski definition) is 1. The van der Waals surface area contributed by atoms with Crippen LogP contribution in [0.15, 0.2) is 53.3 Å². The molecular formula is C24H32N3O2+. The maximum absolute atomic E-state index is 12.9. The second kappa shape index (κ2) is 9.70. The van der Waals surface area contributed by atoms with Gasteiger partial charge in [-0.1, -0.05) is 30.3 Å². The Morgan fingerprint density at radius 1 is 1.00 bits per heavy atom. The van der Waals surface area contributed by atoms with Crippen LogP contribution in [0, 0.1) is 0 Å². The van der Waals surface area contributed by atoms with Crippen molar-refractivity contribution in [3.63, 3.8) is 0 Å². The number of ether oxygens (including phenoxy) is 1. The summed E-state index contributed by atoms with van der Waals surface area (Å²) in [4.78, 5) is 14.4. The molecule has 29 heavy (non-hydrogen) atoms. The summed E-state index contributed by atoms with van der Waals surface area (Å²) < 4.78 is 7.39. The Bertz CT molecular complexity index is 989. The van der Waals surface area contributed by atoms with E-state index in [1.165, 1.54) is 4.90 Å². The van der Waals surface area contributed by atoms with Crippen LogP contribution in [0.3, 0.4) is 0 Å². The van der Waals surface area contributed by atoms with Crippen LogP contribution in [-0.2, 0) is 13.0 Å². The van der Waals surface area contributed by atoms with Crippen LogP contribution in [0.1, 0.15) is 39.0 Å². The maximum Gasteiger partial charge on any atom is 0.274 e. The summed E-state index contributed by atoms with van der Waals surface area (Å²) >= 11 is 0. The monoisotopic (exact) mass is 394 g/mol. The molecule has 0 aliphatic carbocycles. The molecule has 0 amide bonds. The average molecular weight is 395 g/mol. The number of nitrogens with zero attached hydrogens (tertiary/aromatic N) is 2. The fourth-order valence-corrected chi connectivity index (χ4v) is 3.61. The van der Waals surface area contributed by atoms with Crippen molar-refractivity contribution in [1.29, 1.82) is 0 Å². The Kier molecular flexibility index (Phi) is 7.04. The summed E-state index contributed by atoms with van der Waals surface area (Å²) in [6.45, 7) is 12.0. The fourth-order valence-electron chi connectivity index (χ4n) is 3.61. The lowest BCUT2D eigenvalue weighted by atomic mass is 10.0. The van der Waals surface area contributed by atoms with Gasteiger partial charge >= 0.3 is 0 Å². The topological polar surface area (TPSA) is 48.6 Å². The van der Waals surface area contributed by atoms with E-state index in [2.05, 4.69) is 26.0 Å². The first-order valence-electron chi connectivity index (χ1n) is 10.6. The van der Waals surface area contributed by atoms with Crippen molar-refractivity contribution < 1.29 is 9.64 Å². The zero-order valence-electron chi connectivity index (χ0n) is 17.9.